The Bertz CT molecular complexity index is 765. The zero-order valence-electron chi connectivity index (χ0n) is 15.6. The van der Waals surface area contributed by atoms with E-state index in [4.69, 9.17) is 9.47 Å². The van der Waals surface area contributed by atoms with E-state index < -0.39 is 22.1 Å². The van der Waals surface area contributed by atoms with E-state index in [1.165, 1.54) is 0 Å². The number of carbonyl (C=O) groups is 1. The van der Waals surface area contributed by atoms with Crippen LogP contribution in [0.1, 0.15) is 32.3 Å². The van der Waals surface area contributed by atoms with Crippen LogP contribution in [-0.2, 0) is 26.0 Å². The van der Waals surface area contributed by atoms with E-state index in [1.807, 2.05) is 6.92 Å². The van der Waals surface area contributed by atoms with E-state index in [0.717, 1.165) is 24.9 Å². The first-order valence-corrected chi connectivity index (χ1v) is 10.6. The van der Waals surface area contributed by atoms with Gasteiger partial charge in [0.1, 0.15) is 5.75 Å². The second kappa shape index (κ2) is 9.23. The fourth-order valence-corrected chi connectivity index (χ4v) is 5.29. The molecule has 1 N–H and O–H groups in total. The Morgan fingerprint density at radius 3 is 2.78 bits per heavy atom. The molecule has 0 amide bonds. The Morgan fingerprint density at radius 2 is 2.15 bits per heavy atom. The van der Waals surface area contributed by atoms with Crippen LogP contribution in [0.15, 0.2) is 23.1 Å². The Hall–Kier alpha value is -1.35. The summed E-state index contributed by atoms with van der Waals surface area (Å²) in [6.07, 6.45) is 1.21. The van der Waals surface area contributed by atoms with Gasteiger partial charge < -0.3 is 14.8 Å². The minimum Gasteiger partial charge on any atom is -0.478 e. The smallest absolute Gasteiger partial charge is 0.347 e. The largest absolute Gasteiger partial charge is 0.478 e. The van der Waals surface area contributed by atoms with Crippen molar-refractivity contribution >= 4 is 28.4 Å². The highest BCUT2D eigenvalue weighted by Gasteiger charge is 2.35. The fourth-order valence-electron chi connectivity index (χ4n) is 3.49. The summed E-state index contributed by atoms with van der Waals surface area (Å²) in [4.78, 5) is 12.1. The first-order valence-electron chi connectivity index (χ1n) is 9.16. The van der Waals surface area contributed by atoms with Crippen LogP contribution in [0.4, 0.5) is 0 Å². The predicted octanol–water partition coefficient (Wildman–Crippen LogP) is 1.74. The Labute approximate surface area is 166 Å². The monoisotopic (exact) mass is 418 g/mol. The van der Waals surface area contributed by atoms with Gasteiger partial charge in [0.15, 0.2) is 6.10 Å². The van der Waals surface area contributed by atoms with Gasteiger partial charge in [-0.2, -0.15) is 4.31 Å². The van der Waals surface area contributed by atoms with E-state index in [2.05, 4.69) is 5.32 Å². The number of hydrogen-bond acceptors (Lipinski definition) is 6. The molecule has 9 heteroatoms. The highest BCUT2D eigenvalue weighted by Crippen LogP contribution is 2.33. The van der Waals surface area contributed by atoms with Gasteiger partial charge in [-0.1, -0.05) is 6.92 Å². The van der Waals surface area contributed by atoms with Crippen LogP contribution in [0.25, 0.3) is 0 Å². The molecule has 152 valence electrons. The lowest BCUT2D eigenvalue weighted by Gasteiger charge is -2.27. The van der Waals surface area contributed by atoms with Crippen molar-refractivity contribution < 1.29 is 22.7 Å². The topological polar surface area (TPSA) is 84.9 Å². The maximum absolute atomic E-state index is 13.2. The molecule has 7 nitrogen and oxygen atoms in total. The number of esters is 1. The lowest BCUT2D eigenvalue weighted by molar-refractivity contribution is -0.150. The van der Waals surface area contributed by atoms with Gasteiger partial charge in [0.25, 0.3) is 0 Å². The van der Waals surface area contributed by atoms with E-state index in [9.17, 15) is 13.2 Å². The number of rotatable bonds is 7. The summed E-state index contributed by atoms with van der Waals surface area (Å²) in [5.41, 5.74) is 0.727. The molecular formula is C18H27ClN2O5S. The third kappa shape index (κ3) is 4.56. The fraction of sp³-hybridized carbons (Fsp3) is 0.611. The summed E-state index contributed by atoms with van der Waals surface area (Å²) >= 11 is 0. The second-order valence-electron chi connectivity index (χ2n) is 6.59. The first-order chi connectivity index (χ1) is 12.5. The van der Waals surface area contributed by atoms with Crippen LogP contribution in [0.5, 0.6) is 5.75 Å². The van der Waals surface area contributed by atoms with Crippen LogP contribution in [0.3, 0.4) is 0 Å². The highest BCUT2D eigenvalue weighted by molar-refractivity contribution is 7.89. The molecule has 2 heterocycles. The zero-order valence-corrected chi connectivity index (χ0v) is 17.3. The van der Waals surface area contributed by atoms with E-state index >= 15 is 0 Å². The Kier molecular flexibility index (Phi) is 7.50. The van der Waals surface area contributed by atoms with Crippen molar-refractivity contribution in [1.29, 1.82) is 0 Å². The summed E-state index contributed by atoms with van der Waals surface area (Å²) in [5, 5.41) is 3.23. The molecule has 0 aromatic heterocycles. The average molecular weight is 419 g/mol. The van der Waals surface area contributed by atoms with Crippen molar-refractivity contribution in [3.05, 3.63) is 23.8 Å². The number of halogens is 1. The third-order valence-corrected chi connectivity index (χ3v) is 6.70. The standard InChI is InChI=1S/C18H26N2O5S.ClH/c1-3-9-20(14-7-8-19-12-14)26(22,23)15-5-6-16-13(10-15)11-17(25-16)18(21)24-4-2;/h5-6,10,14,17,19H,3-4,7-9,11-12H2,1-2H3;1H. The number of ether oxygens (including phenoxy) is 2. The number of hydrogen-bond donors (Lipinski definition) is 1. The lowest BCUT2D eigenvalue weighted by Crippen LogP contribution is -2.42. The number of carbonyl (C=O) groups excluding carboxylic acids is 1. The summed E-state index contributed by atoms with van der Waals surface area (Å²) in [6, 6.07) is 4.82. The van der Waals surface area contributed by atoms with E-state index in [-0.39, 0.29) is 30.0 Å². The summed E-state index contributed by atoms with van der Waals surface area (Å²) in [7, 11) is -3.59. The molecule has 1 fully saturated rings. The van der Waals surface area contributed by atoms with Crippen LogP contribution < -0.4 is 10.1 Å². The van der Waals surface area contributed by atoms with Gasteiger partial charge in [0, 0.05) is 25.6 Å². The number of sulfonamides is 1. The molecule has 0 spiro atoms. The van der Waals surface area contributed by atoms with Crippen LogP contribution >= 0.6 is 12.4 Å². The number of fused-ring (bicyclic) bond motifs is 1. The number of nitrogens with zero attached hydrogens (tertiary/aromatic N) is 1. The molecule has 2 aliphatic rings. The molecular weight excluding hydrogens is 392 g/mol. The lowest BCUT2D eigenvalue weighted by atomic mass is 10.1. The first kappa shape index (κ1) is 21.9. The van der Waals surface area contributed by atoms with Gasteiger partial charge in [-0.3, -0.25) is 0 Å². The molecule has 3 rings (SSSR count). The maximum atomic E-state index is 13.2. The van der Waals surface area contributed by atoms with Crippen molar-refractivity contribution in [1.82, 2.24) is 9.62 Å². The third-order valence-electron chi connectivity index (χ3n) is 4.75. The second-order valence-corrected chi connectivity index (χ2v) is 8.49. The van der Waals surface area contributed by atoms with Crippen molar-refractivity contribution in [3.8, 4) is 5.75 Å². The van der Waals surface area contributed by atoms with Crippen LogP contribution in [-0.4, -0.2) is 57.1 Å². The van der Waals surface area contributed by atoms with Gasteiger partial charge in [0.05, 0.1) is 11.5 Å². The molecule has 2 atom stereocenters. The molecule has 2 aliphatic heterocycles. The minimum atomic E-state index is -3.59. The van der Waals surface area contributed by atoms with Gasteiger partial charge in [-0.05, 0) is 50.1 Å². The van der Waals surface area contributed by atoms with Crippen LogP contribution in [0, 0.1) is 0 Å². The van der Waals surface area contributed by atoms with Gasteiger partial charge in [-0.15, -0.1) is 12.4 Å². The molecule has 0 radical (unpaired) electrons. The van der Waals surface area contributed by atoms with Crippen molar-refractivity contribution in [3.63, 3.8) is 0 Å². The normalized spacial score (nSPS) is 21.4. The Morgan fingerprint density at radius 1 is 1.37 bits per heavy atom. The average Bonchev–Trinajstić information content (AvgIpc) is 3.28. The molecule has 1 aromatic rings. The SMILES string of the molecule is CCCN(C1CCNC1)S(=O)(=O)c1ccc2c(c1)CC(C(=O)OCC)O2.Cl. The Balaban J connectivity index is 0.00000261. The van der Waals surface area contributed by atoms with E-state index in [1.54, 1.807) is 29.4 Å². The maximum Gasteiger partial charge on any atom is 0.347 e. The summed E-state index contributed by atoms with van der Waals surface area (Å²) in [6.45, 7) is 6.01. The number of benzene rings is 1. The molecule has 0 aliphatic carbocycles. The minimum absolute atomic E-state index is 0. The summed E-state index contributed by atoms with van der Waals surface area (Å²) < 4.78 is 38.6. The van der Waals surface area contributed by atoms with Crippen molar-refractivity contribution in [2.45, 2.75) is 50.2 Å². The quantitative estimate of drug-likeness (QED) is 0.679. The highest BCUT2D eigenvalue weighted by atomic mass is 35.5. The van der Waals surface area contributed by atoms with Gasteiger partial charge in [-0.25, -0.2) is 13.2 Å². The van der Waals surface area contributed by atoms with Gasteiger partial charge in [0.2, 0.25) is 10.0 Å². The molecule has 1 aromatic carbocycles. The zero-order chi connectivity index (χ0) is 18.7. The number of nitrogens with one attached hydrogen (secondary N) is 1. The van der Waals surface area contributed by atoms with Gasteiger partial charge >= 0.3 is 5.97 Å². The predicted molar refractivity (Wildman–Crippen MR) is 104 cm³/mol. The van der Waals surface area contributed by atoms with Crippen molar-refractivity contribution in [2.75, 3.05) is 26.2 Å². The molecule has 0 saturated carbocycles. The molecule has 27 heavy (non-hydrogen) atoms. The molecule has 2 unspecified atom stereocenters. The molecule has 1 saturated heterocycles. The summed E-state index contributed by atoms with van der Waals surface area (Å²) in [5.74, 6) is 0.129. The van der Waals surface area contributed by atoms with Crippen LogP contribution in [0.2, 0.25) is 0 Å². The molecule has 0 bridgehead atoms. The van der Waals surface area contributed by atoms with E-state index in [0.29, 0.717) is 25.3 Å². The van der Waals surface area contributed by atoms with Crippen molar-refractivity contribution in [2.24, 2.45) is 0 Å².